The van der Waals surface area contributed by atoms with Crippen molar-refractivity contribution in [1.29, 1.82) is 0 Å². The van der Waals surface area contributed by atoms with Crippen molar-refractivity contribution in [3.8, 4) is 0 Å². The third-order valence-electron chi connectivity index (χ3n) is 4.52. The summed E-state index contributed by atoms with van der Waals surface area (Å²) in [5, 5.41) is 11.7. The number of rotatable bonds is 4. The van der Waals surface area contributed by atoms with Crippen LogP contribution in [-0.2, 0) is 5.60 Å². The van der Waals surface area contributed by atoms with Crippen LogP contribution in [0, 0.1) is 0 Å². The SMILES string of the molecule is CN(C)CCCC1(O)c2ccccc2C=Cc2ccc(N)cc21. The lowest BCUT2D eigenvalue weighted by Gasteiger charge is -2.32. The van der Waals surface area contributed by atoms with E-state index in [9.17, 15) is 5.11 Å². The van der Waals surface area contributed by atoms with Crippen LogP contribution >= 0.6 is 0 Å². The van der Waals surface area contributed by atoms with E-state index in [1.54, 1.807) is 0 Å². The molecule has 0 spiro atoms. The van der Waals surface area contributed by atoms with Gasteiger partial charge < -0.3 is 15.7 Å². The van der Waals surface area contributed by atoms with Crippen molar-refractivity contribution in [2.75, 3.05) is 26.4 Å². The van der Waals surface area contributed by atoms with Crippen LogP contribution in [-0.4, -0.2) is 30.6 Å². The van der Waals surface area contributed by atoms with E-state index in [1.165, 1.54) is 0 Å². The zero-order valence-electron chi connectivity index (χ0n) is 13.8. The molecule has 0 amide bonds. The highest BCUT2D eigenvalue weighted by atomic mass is 16.3. The molecule has 0 heterocycles. The van der Waals surface area contributed by atoms with Gasteiger partial charge in [0.05, 0.1) is 0 Å². The van der Waals surface area contributed by atoms with Crippen LogP contribution in [0.4, 0.5) is 5.69 Å². The molecule has 3 N–H and O–H groups in total. The van der Waals surface area contributed by atoms with Gasteiger partial charge in [0, 0.05) is 5.69 Å². The van der Waals surface area contributed by atoms with Crippen LogP contribution in [0.5, 0.6) is 0 Å². The molecule has 3 rings (SSSR count). The van der Waals surface area contributed by atoms with Crippen LogP contribution in [0.3, 0.4) is 0 Å². The summed E-state index contributed by atoms with van der Waals surface area (Å²) < 4.78 is 0. The van der Waals surface area contributed by atoms with E-state index in [0.717, 1.165) is 35.2 Å². The molecule has 0 fully saturated rings. The van der Waals surface area contributed by atoms with Gasteiger partial charge in [-0.25, -0.2) is 0 Å². The Morgan fingerprint density at radius 1 is 1.00 bits per heavy atom. The zero-order valence-corrected chi connectivity index (χ0v) is 13.8. The van der Waals surface area contributed by atoms with E-state index in [-0.39, 0.29) is 0 Å². The molecule has 1 aliphatic carbocycles. The van der Waals surface area contributed by atoms with Gasteiger partial charge >= 0.3 is 0 Å². The van der Waals surface area contributed by atoms with Crippen molar-refractivity contribution < 1.29 is 5.11 Å². The number of hydrogen-bond donors (Lipinski definition) is 2. The average molecular weight is 308 g/mol. The molecule has 2 aromatic carbocycles. The molecule has 0 saturated carbocycles. The second-order valence-electron chi connectivity index (χ2n) is 6.53. The summed E-state index contributed by atoms with van der Waals surface area (Å²) in [5.74, 6) is 0. The van der Waals surface area contributed by atoms with Crippen molar-refractivity contribution in [2.24, 2.45) is 0 Å². The predicted molar refractivity (Wildman–Crippen MR) is 97.0 cm³/mol. The first kappa shape index (κ1) is 15.8. The number of benzene rings is 2. The summed E-state index contributed by atoms with van der Waals surface area (Å²) in [4.78, 5) is 2.14. The Kier molecular flexibility index (Phi) is 4.24. The predicted octanol–water partition coefficient (Wildman–Crippen LogP) is 3.33. The molecular weight excluding hydrogens is 284 g/mol. The molecule has 1 aliphatic rings. The molecule has 0 radical (unpaired) electrons. The Labute approximate surface area is 138 Å². The van der Waals surface area contributed by atoms with Gasteiger partial charge in [0.1, 0.15) is 5.60 Å². The van der Waals surface area contributed by atoms with Crippen LogP contribution < -0.4 is 5.73 Å². The number of aliphatic hydroxyl groups is 1. The number of fused-ring (bicyclic) bond motifs is 2. The summed E-state index contributed by atoms with van der Waals surface area (Å²) in [7, 11) is 4.11. The molecule has 0 saturated heterocycles. The number of nitrogens with two attached hydrogens (primary N) is 1. The van der Waals surface area contributed by atoms with E-state index >= 15 is 0 Å². The van der Waals surface area contributed by atoms with Crippen molar-refractivity contribution in [1.82, 2.24) is 4.90 Å². The monoisotopic (exact) mass is 308 g/mol. The number of nitrogen functional groups attached to an aromatic ring is 1. The molecule has 2 aromatic rings. The van der Waals surface area contributed by atoms with Gasteiger partial charge in [-0.05, 0) is 67.9 Å². The number of hydrogen-bond acceptors (Lipinski definition) is 3. The minimum absolute atomic E-state index is 0.667. The topological polar surface area (TPSA) is 49.5 Å². The van der Waals surface area contributed by atoms with Crippen LogP contribution in [0.25, 0.3) is 12.2 Å². The van der Waals surface area contributed by atoms with Gasteiger partial charge in [-0.2, -0.15) is 0 Å². The molecule has 1 atom stereocenters. The summed E-state index contributed by atoms with van der Waals surface area (Å²) >= 11 is 0. The Morgan fingerprint density at radius 3 is 2.43 bits per heavy atom. The van der Waals surface area contributed by atoms with Crippen molar-refractivity contribution in [3.05, 3.63) is 64.7 Å². The maximum absolute atomic E-state index is 11.7. The fraction of sp³-hybridized carbons (Fsp3) is 0.300. The summed E-state index contributed by atoms with van der Waals surface area (Å²) in [6.07, 6.45) is 5.72. The first-order valence-corrected chi connectivity index (χ1v) is 8.05. The maximum Gasteiger partial charge on any atom is 0.116 e. The van der Waals surface area contributed by atoms with Gasteiger partial charge in [-0.15, -0.1) is 0 Å². The van der Waals surface area contributed by atoms with Crippen LogP contribution in [0.15, 0.2) is 42.5 Å². The van der Waals surface area contributed by atoms with Crippen LogP contribution in [0.2, 0.25) is 0 Å². The van der Waals surface area contributed by atoms with E-state index < -0.39 is 5.60 Å². The second kappa shape index (κ2) is 6.19. The molecule has 0 bridgehead atoms. The van der Waals surface area contributed by atoms with E-state index in [4.69, 9.17) is 5.73 Å². The highest BCUT2D eigenvalue weighted by Gasteiger charge is 2.35. The van der Waals surface area contributed by atoms with E-state index in [2.05, 4.69) is 37.2 Å². The normalized spacial score (nSPS) is 19.3. The molecule has 120 valence electrons. The van der Waals surface area contributed by atoms with Gasteiger partial charge in [-0.1, -0.05) is 42.5 Å². The first-order chi connectivity index (χ1) is 11.0. The van der Waals surface area contributed by atoms with Gasteiger partial charge in [0.25, 0.3) is 0 Å². The molecule has 0 aromatic heterocycles. The van der Waals surface area contributed by atoms with Gasteiger partial charge in [-0.3, -0.25) is 0 Å². The summed E-state index contributed by atoms with van der Waals surface area (Å²) in [6.45, 7) is 0.940. The minimum atomic E-state index is -1.01. The van der Waals surface area contributed by atoms with Crippen molar-refractivity contribution in [2.45, 2.75) is 18.4 Å². The highest BCUT2D eigenvalue weighted by molar-refractivity contribution is 5.78. The lowest BCUT2D eigenvalue weighted by Crippen LogP contribution is -2.30. The Morgan fingerprint density at radius 2 is 1.70 bits per heavy atom. The Balaban J connectivity index is 2.12. The number of nitrogens with zero attached hydrogens (tertiary/aromatic N) is 1. The average Bonchev–Trinajstić information content (AvgIpc) is 2.64. The second-order valence-corrected chi connectivity index (χ2v) is 6.53. The van der Waals surface area contributed by atoms with Crippen molar-refractivity contribution >= 4 is 17.8 Å². The van der Waals surface area contributed by atoms with Crippen molar-refractivity contribution in [3.63, 3.8) is 0 Å². The summed E-state index contributed by atoms with van der Waals surface area (Å²) in [6, 6.07) is 13.9. The Hall–Kier alpha value is -2.10. The number of anilines is 1. The summed E-state index contributed by atoms with van der Waals surface area (Å²) in [5.41, 5.74) is 9.63. The van der Waals surface area contributed by atoms with E-state index in [1.807, 2.05) is 36.4 Å². The maximum atomic E-state index is 11.7. The van der Waals surface area contributed by atoms with E-state index in [0.29, 0.717) is 12.1 Å². The standard InChI is InChI=1S/C20H24N2O/c1-22(2)13-5-12-20(23)18-7-4-3-6-15(18)8-9-16-10-11-17(21)14-19(16)20/h3-4,6-11,14,23H,5,12-13,21H2,1-2H3. The lowest BCUT2D eigenvalue weighted by molar-refractivity contribution is 0.0663. The lowest BCUT2D eigenvalue weighted by atomic mass is 9.79. The quantitative estimate of drug-likeness (QED) is 0.852. The third kappa shape index (κ3) is 3.03. The fourth-order valence-electron chi connectivity index (χ4n) is 3.34. The van der Waals surface area contributed by atoms with Gasteiger partial charge in [0.15, 0.2) is 0 Å². The highest BCUT2D eigenvalue weighted by Crippen LogP contribution is 2.41. The zero-order chi connectivity index (χ0) is 16.4. The fourth-order valence-corrected chi connectivity index (χ4v) is 3.34. The third-order valence-corrected chi connectivity index (χ3v) is 4.52. The first-order valence-electron chi connectivity index (χ1n) is 8.05. The minimum Gasteiger partial charge on any atom is -0.399 e. The molecule has 23 heavy (non-hydrogen) atoms. The molecule has 3 heteroatoms. The largest absolute Gasteiger partial charge is 0.399 e. The molecule has 0 aliphatic heterocycles. The molecular formula is C20H24N2O. The molecule has 3 nitrogen and oxygen atoms in total. The Bertz CT molecular complexity index is 736. The van der Waals surface area contributed by atoms with Crippen LogP contribution in [0.1, 0.15) is 35.1 Å². The van der Waals surface area contributed by atoms with Gasteiger partial charge in [0.2, 0.25) is 0 Å². The smallest absolute Gasteiger partial charge is 0.116 e. The molecule has 1 unspecified atom stereocenters.